The van der Waals surface area contributed by atoms with E-state index in [-0.39, 0.29) is 0 Å². The number of rotatable bonds is 0. The molecule has 0 amide bonds. The Bertz CT molecular complexity index is 26.5. The van der Waals surface area contributed by atoms with Gasteiger partial charge in [-0.1, -0.05) is 0 Å². The summed E-state index contributed by atoms with van der Waals surface area (Å²) < 4.78 is 0. The van der Waals surface area contributed by atoms with E-state index in [4.69, 9.17) is 19.8 Å². The van der Waals surface area contributed by atoms with Crippen LogP contribution < -0.4 is 10.2 Å². The Balaban J connectivity index is 0. The van der Waals surface area contributed by atoms with Crippen LogP contribution in [0.25, 0.3) is 0 Å². The van der Waals surface area contributed by atoms with Gasteiger partial charge >= 0.3 is 0 Å². The second-order valence-corrected chi connectivity index (χ2v) is 0.192. The van der Waals surface area contributed by atoms with Crippen molar-refractivity contribution in [2.45, 2.75) is 0 Å². The topological polar surface area (TPSA) is 80.3 Å². The minimum absolute atomic E-state index is 0.500. The van der Waals surface area contributed by atoms with Crippen LogP contribution in [0.4, 0.5) is 0 Å². The van der Waals surface area contributed by atoms with E-state index >= 15 is 0 Å². The van der Waals surface area contributed by atoms with Gasteiger partial charge < -0.3 is 19.8 Å². The molecular formula is C2H2O4-2. The third kappa shape index (κ3) is 9.85. The first-order valence-electron chi connectivity index (χ1n) is 0.943. The lowest BCUT2D eigenvalue weighted by Gasteiger charge is -1.52. The van der Waals surface area contributed by atoms with Crippen molar-refractivity contribution in [2.24, 2.45) is 0 Å². The van der Waals surface area contributed by atoms with Crippen molar-refractivity contribution in [1.82, 2.24) is 0 Å². The highest BCUT2D eigenvalue weighted by Gasteiger charge is 0.999. The van der Waals surface area contributed by atoms with Gasteiger partial charge in [-0.3, -0.25) is 0 Å². The monoisotopic (exact) mass is 90.0 g/mol. The number of hydrogen-bond donors (Lipinski definition) is 0. The summed E-state index contributed by atoms with van der Waals surface area (Å²) in [6.45, 7) is -1.00. The van der Waals surface area contributed by atoms with Gasteiger partial charge in [0, 0.05) is 12.9 Å². The maximum absolute atomic E-state index is 8.25. The van der Waals surface area contributed by atoms with Crippen molar-refractivity contribution in [3.8, 4) is 0 Å². The first-order chi connectivity index (χ1) is 2.83. The highest BCUT2D eigenvalue weighted by molar-refractivity contribution is 5.29. The average molecular weight is 90.0 g/mol. The van der Waals surface area contributed by atoms with Crippen LogP contribution in [0.15, 0.2) is 0 Å². The predicted octanol–water partition coefficient (Wildman–Crippen LogP) is -3.27. The number of carboxylic acid groups (broad SMARTS) is 2. The second kappa shape index (κ2) is 38.5. The molecule has 36 valence electrons. The molecule has 0 aliphatic rings. The lowest BCUT2D eigenvalue weighted by molar-refractivity contribution is -0.284. The zero-order valence-corrected chi connectivity index (χ0v) is 2.79. The quantitative estimate of drug-likeness (QED) is 0.292. The highest BCUT2D eigenvalue weighted by Crippen LogP contribution is 0.757. The van der Waals surface area contributed by atoms with E-state index in [1.165, 1.54) is 0 Å². The Morgan fingerprint density at radius 1 is 1.00 bits per heavy atom. The minimum Gasteiger partial charge on any atom is -0.554 e. The van der Waals surface area contributed by atoms with Gasteiger partial charge in [-0.25, -0.2) is 0 Å². The van der Waals surface area contributed by atoms with Gasteiger partial charge in [-0.15, -0.1) is 0 Å². The Hall–Kier alpha value is -1.06. The SMILES string of the molecule is O=C[O-].O=C[O-]. The zero-order chi connectivity index (χ0) is 5.41. The van der Waals surface area contributed by atoms with Crippen molar-refractivity contribution < 1.29 is 19.8 Å². The first-order valence-corrected chi connectivity index (χ1v) is 0.943. The number of carbonyl (C=O) groups excluding carboxylic acids is 2. The van der Waals surface area contributed by atoms with Crippen LogP contribution in [0.1, 0.15) is 0 Å². The Morgan fingerprint density at radius 3 is 1.00 bits per heavy atom. The fourth-order valence-electron chi connectivity index (χ4n) is 0. The van der Waals surface area contributed by atoms with Crippen molar-refractivity contribution in [2.75, 3.05) is 0 Å². The highest BCUT2D eigenvalue weighted by atomic mass is 16.3. The van der Waals surface area contributed by atoms with Crippen LogP contribution in [-0.4, -0.2) is 12.9 Å². The molecule has 4 heteroatoms. The summed E-state index contributed by atoms with van der Waals surface area (Å²) >= 11 is 0. The molecule has 0 aromatic heterocycles. The van der Waals surface area contributed by atoms with Crippen LogP contribution in [0.2, 0.25) is 0 Å². The molecule has 0 aromatic rings. The van der Waals surface area contributed by atoms with Crippen LogP contribution >= 0.6 is 0 Å². The van der Waals surface area contributed by atoms with Crippen molar-refractivity contribution in [3.05, 3.63) is 0 Å². The molecule has 0 saturated heterocycles. The summed E-state index contributed by atoms with van der Waals surface area (Å²) in [5, 5.41) is 16.5. The fourth-order valence-corrected chi connectivity index (χ4v) is 0. The van der Waals surface area contributed by atoms with E-state index in [0.29, 0.717) is 0 Å². The third-order valence-electron chi connectivity index (χ3n) is 0. The summed E-state index contributed by atoms with van der Waals surface area (Å²) in [7, 11) is 0. The molecule has 0 unspecified atom stereocenters. The number of carbonyl (C=O) groups is 2. The molecule has 0 rings (SSSR count). The summed E-state index contributed by atoms with van der Waals surface area (Å²) in [5.41, 5.74) is 0. The first kappa shape index (κ1) is 8.87. The lowest BCUT2D eigenvalue weighted by Crippen LogP contribution is -2.01. The Morgan fingerprint density at radius 2 is 1.00 bits per heavy atom. The van der Waals surface area contributed by atoms with Crippen molar-refractivity contribution >= 4 is 12.9 Å². The van der Waals surface area contributed by atoms with Crippen LogP contribution in [0.3, 0.4) is 0 Å². The van der Waals surface area contributed by atoms with Crippen molar-refractivity contribution in [3.63, 3.8) is 0 Å². The molecule has 0 heterocycles. The molecule has 0 atom stereocenters. The molecular weight excluding hydrogens is 88.0 g/mol. The van der Waals surface area contributed by atoms with E-state index in [0.717, 1.165) is 0 Å². The molecule has 6 heavy (non-hydrogen) atoms. The largest absolute Gasteiger partial charge is 0.554 e. The minimum atomic E-state index is -0.500. The molecule has 0 fully saturated rings. The summed E-state index contributed by atoms with van der Waals surface area (Å²) in [5.74, 6) is 0. The molecule has 0 aliphatic heterocycles. The smallest absolute Gasteiger partial charge is 0.0275 e. The third-order valence-corrected chi connectivity index (χ3v) is 0. The summed E-state index contributed by atoms with van der Waals surface area (Å²) in [6.07, 6.45) is 0. The van der Waals surface area contributed by atoms with E-state index in [9.17, 15) is 0 Å². The van der Waals surface area contributed by atoms with Crippen LogP contribution in [0, 0.1) is 0 Å². The van der Waals surface area contributed by atoms with Gasteiger partial charge in [0.2, 0.25) is 0 Å². The van der Waals surface area contributed by atoms with Crippen molar-refractivity contribution in [1.29, 1.82) is 0 Å². The molecule has 0 N–H and O–H groups in total. The molecule has 0 aliphatic carbocycles. The Kier molecular flexibility index (Phi) is 57.0. The van der Waals surface area contributed by atoms with Gasteiger partial charge in [0.25, 0.3) is 0 Å². The van der Waals surface area contributed by atoms with E-state index < -0.39 is 12.9 Å². The molecule has 0 saturated carbocycles. The number of hydrogen-bond acceptors (Lipinski definition) is 4. The van der Waals surface area contributed by atoms with E-state index in [2.05, 4.69) is 0 Å². The van der Waals surface area contributed by atoms with Gasteiger partial charge in [-0.05, 0) is 0 Å². The predicted molar refractivity (Wildman–Crippen MR) is 12.1 cm³/mol. The lowest BCUT2D eigenvalue weighted by atomic mass is 11.7. The second-order valence-electron chi connectivity index (χ2n) is 0.192. The van der Waals surface area contributed by atoms with E-state index in [1.807, 2.05) is 0 Å². The summed E-state index contributed by atoms with van der Waals surface area (Å²) in [4.78, 5) is 16.5. The van der Waals surface area contributed by atoms with Crippen LogP contribution in [-0.2, 0) is 9.59 Å². The fraction of sp³-hybridized carbons (Fsp3) is 0. The van der Waals surface area contributed by atoms with Gasteiger partial charge in [0.1, 0.15) is 0 Å². The van der Waals surface area contributed by atoms with E-state index in [1.54, 1.807) is 0 Å². The van der Waals surface area contributed by atoms with Crippen LogP contribution in [0.5, 0.6) is 0 Å². The molecule has 0 aromatic carbocycles. The zero-order valence-electron chi connectivity index (χ0n) is 2.79. The standard InChI is InChI=1S/2CH2O2/c2*2-1-3/h2*1H,(H,2,3)/p-2. The van der Waals surface area contributed by atoms with Gasteiger partial charge in [0.05, 0.1) is 0 Å². The molecule has 0 bridgehead atoms. The average Bonchev–Trinajstić information content (AvgIpc) is 1.39. The molecule has 4 nitrogen and oxygen atoms in total. The maximum Gasteiger partial charge on any atom is 0.0275 e. The summed E-state index contributed by atoms with van der Waals surface area (Å²) in [6, 6.07) is 0. The van der Waals surface area contributed by atoms with Gasteiger partial charge in [-0.2, -0.15) is 0 Å². The molecule has 0 radical (unpaired) electrons. The maximum atomic E-state index is 8.25. The molecule has 0 spiro atoms. The normalized spacial score (nSPS) is 4.00. The van der Waals surface area contributed by atoms with Gasteiger partial charge in [0.15, 0.2) is 0 Å². The Labute approximate surface area is 34.0 Å².